The number of benzene rings is 2. The van der Waals surface area contributed by atoms with Gasteiger partial charge in [0, 0.05) is 6.07 Å². The van der Waals surface area contributed by atoms with Gasteiger partial charge in [-0.1, -0.05) is 31.2 Å². The normalized spacial score (nSPS) is 10.4. The molecule has 0 unspecified atom stereocenters. The molecule has 0 aliphatic carbocycles. The van der Waals surface area contributed by atoms with Crippen LogP contribution < -0.4 is 14.2 Å². The third kappa shape index (κ3) is 6.13. The van der Waals surface area contributed by atoms with Crippen LogP contribution in [-0.2, 0) is 11.2 Å². The minimum absolute atomic E-state index is 0.501. The molecule has 0 saturated heterocycles. The molecule has 0 fully saturated rings. The van der Waals surface area contributed by atoms with Gasteiger partial charge in [0.2, 0.25) is 0 Å². The van der Waals surface area contributed by atoms with Gasteiger partial charge in [0.15, 0.2) is 0 Å². The van der Waals surface area contributed by atoms with Gasteiger partial charge in [0.25, 0.3) is 0 Å². The fourth-order valence-electron chi connectivity index (χ4n) is 2.29. The van der Waals surface area contributed by atoms with E-state index >= 15 is 0 Å². The third-order valence-corrected chi connectivity index (χ3v) is 3.45. The van der Waals surface area contributed by atoms with Crippen LogP contribution in [0.4, 0.5) is 0 Å². The molecule has 130 valence electrons. The van der Waals surface area contributed by atoms with Crippen molar-refractivity contribution in [2.24, 2.45) is 0 Å². The van der Waals surface area contributed by atoms with Crippen molar-refractivity contribution < 1.29 is 18.9 Å². The van der Waals surface area contributed by atoms with E-state index in [2.05, 4.69) is 13.0 Å². The highest BCUT2D eigenvalue weighted by molar-refractivity contribution is 5.33. The molecule has 4 heteroatoms. The van der Waals surface area contributed by atoms with Crippen molar-refractivity contribution in [3.63, 3.8) is 0 Å². The second-order valence-electron chi connectivity index (χ2n) is 5.18. The van der Waals surface area contributed by atoms with Crippen molar-refractivity contribution in [3.05, 3.63) is 54.1 Å². The Hall–Kier alpha value is -2.20. The first kappa shape index (κ1) is 18.1. The highest BCUT2D eigenvalue weighted by Crippen LogP contribution is 2.19. The topological polar surface area (TPSA) is 36.9 Å². The van der Waals surface area contributed by atoms with Crippen molar-refractivity contribution >= 4 is 0 Å². The molecule has 0 radical (unpaired) electrons. The third-order valence-electron chi connectivity index (χ3n) is 3.45. The Bertz CT molecular complexity index is 598. The van der Waals surface area contributed by atoms with Crippen molar-refractivity contribution in [1.29, 1.82) is 0 Å². The molecule has 2 rings (SSSR count). The molecule has 0 N–H and O–H groups in total. The summed E-state index contributed by atoms with van der Waals surface area (Å²) in [7, 11) is 0. The van der Waals surface area contributed by atoms with Crippen LogP contribution in [0.25, 0.3) is 0 Å². The van der Waals surface area contributed by atoms with Gasteiger partial charge in [-0.2, -0.15) is 0 Å². The Kier molecular flexibility index (Phi) is 7.98. The van der Waals surface area contributed by atoms with Crippen LogP contribution in [0.5, 0.6) is 17.2 Å². The van der Waals surface area contributed by atoms with Gasteiger partial charge in [-0.05, 0) is 37.1 Å². The molecule has 2 aromatic carbocycles. The lowest BCUT2D eigenvalue weighted by molar-refractivity contribution is 0.0761. The maximum atomic E-state index is 5.75. The maximum Gasteiger partial charge on any atom is 0.123 e. The van der Waals surface area contributed by atoms with E-state index in [4.69, 9.17) is 18.9 Å². The first-order chi connectivity index (χ1) is 11.8. The Balaban J connectivity index is 1.59. The largest absolute Gasteiger partial charge is 0.494 e. The zero-order chi connectivity index (χ0) is 17.0. The monoisotopic (exact) mass is 330 g/mol. The summed E-state index contributed by atoms with van der Waals surface area (Å²) in [5, 5.41) is 0. The summed E-state index contributed by atoms with van der Waals surface area (Å²) in [6.07, 6.45) is 0.964. The highest BCUT2D eigenvalue weighted by Gasteiger charge is 2.01. The second kappa shape index (κ2) is 10.6. The molecule has 0 aliphatic heterocycles. The van der Waals surface area contributed by atoms with Gasteiger partial charge in [-0.3, -0.25) is 0 Å². The second-order valence-corrected chi connectivity index (χ2v) is 5.18. The van der Waals surface area contributed by atoms with Crippen molar-refractivity contribution in [2.75, 3.05) is 33.0 Å². The van der Waals surface area contributed by atoms with Crippen LogP contribution in [0.2, 0.25) is 0 Å². The van der Waals surface area contributed by atoms with Crippen molar-refractivity contribution in [2.45, 2.75) is 20.3 Å². The van der Waals surface area contributed by atoms with E-state index in [1.165, 1.54) is 5.56 Å². The fourth-order valence-corrected chi connectivity index (χ4v) is 2.29. The van der Waals surface area contributed by atoms with Gasteiger partial charge >= 0.3 is 0 Å². The molecule has 0 bridgehead atoms. The Morgan fingerprint density at radius 1 is 0.708 bits per heavy atom. The first-order valence-corrected chi connectivity index (χ1v) is 8.47. The zero-order valence-electron chi connectivity index (χ0n) is 14.5. The van der Waals surface area contributed by atoms with Gasteiger partial charge in [0.1, 0.15) is 30.5 Å². The summed E-state index contributed by atoms with van der Waals surface area (Å²) in [6, 6.07) is 15.7. The number of hydrogen-bond acceptors (Lipinski definition) is 4. The van der Waals surface area contributed by atoms with Gasteiger partial charge in [0.05, 0.1) is 19.8 Å². The molecule has 0 aromatic heterocycles. The average molecular weight is 330 g/mol. The Morgan fingerprint density at radius 2 is 1.42 bits per heavy atom. The van der Waals surface area contributed by atoms with Crippen LogP contribution in [0.1, 0.15) is 19.4 Å². The molecule has 4 nitrogen and oxygen atoms in total. The van der Waals surface area contributed by atoms with E-state index in [1.54, 1.807) is 0 Å². The lowest BCUT2D eigenvalue weighted by Gasteiger charge is -2.11. The van der Waals surface area contributed by atoms with Crippen LogP contribution in [-0.4, -0.2) is 33.0 Å². The lowest BCUT2D eigenvalue weighted by atomic mass is 10.1. The molecule has 0 heterocycles. The van der Waals surface area contributed by atoms with Crippen LogP contribution >= 0.6 is 0 Å². The van der Waals surface area contributed by atoms with E-state index < -0.39 is 0 Å². The van der Waals surface area contributed by atoms with Gasteiger partial charge < -0.3 is 18.9 Å². The smallest absolute Gasteiger partial charge is 0.123 e. The molecule has 0 spiro atoms. The molecule has 24 heavy (non-hydrogen) atoms. The van der Waals surface area contributed by atoms with Crippen molar-refractivity contribution in [3.8, 4) is 17.2 Å². The molecule has 0 atom stereocenters. The standard InChI is InChI=1S/C20H26O4/c1-3-17-8-5-6-11-20(17)24-15-13-21-12-14-23-19-10-7-9-18(16-19)22-4-2/h5-11,16H,3-4,12-15H2,1-2H3. The van der Waals surface area contributed by atoms with E-state index in [9.17, 15) is 0 Å². The molecular weight excluding hydrogens is 304 g/mol. The minimum Gasteiger partial charge on any atom is -0.494 e. The predicted molar refractivity (Wildman–Crippen MR) is 95.2 cm³/mol. The fraction of sp³-hybridized carbons (Fsp3) is 0.400. The number of hydrogen-bond donors (Lipinski definition) is 0. The quantitative estimate of drug-likeness (QED) is 0.581. The zero-order valence-corrected chi connectivity index (χ0v) is 14.5. The Morgan fingerprint density at radius 3 is 2.17 bits per heavy atom. The number of aryl methyl sites for hydroxylation is 1. The summed E-state index contributed by atoms with van der Waals surface area (Å²) in [6.45, 7) is 6.84. The van der Waals surface area contributed by atoms with Crippen molar-refractivity contribution in [1.82, 2.24) is 0 Å². The first-order valence-electron chi connectivity index (χ1n) is 8.47. The summed E-state index contributed by atoms with van der Waals surface area (Å²) < 4.78 is 22.4. The SMILES string of the molecule is CCOc1cccc(OCCOCCOc2ccccc2CC)c1. The summed E-state index contributed by atoms with van der Waals surface area (Å²) in [5.41, 5.74) is 1.22. The molecule has 2 aromatic rings. The van der Waals surface area contributed by atoms with E-state index in [1.807, 2.05) is 49.4 Å². The number of ether oxygens (including phenoxy) is 4. The summed E-state index contributed by atoms with van der Waals surface area (Å²) in [4.78, 5) is 0. The van der Waals surface area contributed by atoms with Crippen LogP contribution in [0.3, 0.4) is 0 Å². The van der Waals surface area contributed by atoms with Crippen LogP contribution in [0, 0.1) is 0 Å². The number of rotatable bonds is 11. The molecule has 0 aliphatic rings. The van der Waals surface area contributed by atoms with Gasteiger partial charge in [-0.25, -0.2) is 0 Å². The minimum atomic E-state index is 0.501. The van der Waals surface area contributed by atoms with E-state index in [0.717, 1.165) is 23.7 Å². The molecular formula is C20H26O4. The lowest BCUT2D eigenvalue weighted by Crippen LogP contribution is -2.12. The van der Waals surface area contributed by atoms with Gasteiger partial charge in [-0.15, -0.1) is 0 Å². The van der Waals surface area contributed by atoms with Crippen LogP contribution in [0.15, 0.2) is 48.5 Å². The average Bonchev–Trinajstić information content (AvgIpc) is 2.62. The van der Waals surface area contributed by atoms with E-state index in [-0.39, 0.29) is 0 Å². The predicted octanol–water partition coefficient (Wildman–Crippen LogP) is 4.12. The summed E-state index contributed by atoms with van der Waals surface area (Å²) in [5.74, 6) is 2.55. The summed E-state index contributed by atoms with van der Waals surface area (Å²) >= 11 is 0. The highest BCUT2D eigenvalue weighted by atomic mass is 16.5. The maximum absolute atomic E-state index is 5.75. The molecule has 0 saturated carbocycles. The Labute approximate surface area is 144 Å². The molecule has 0 amide bonds. The van der Waals surface area contributed by atoms with E-state index in [0.29, 0.717) is 33.0 Å². The number of para-hydroxylation sites is 1.